The molecule has 0 aromatic heterocycles. The van der Waals surface area contributed by atoms with Crippen molar-refractivity contribution in [2.75, 3.05) is 6.61 Å². The van der Waals surface area contributed by atoms with Crippen LogP contribution >= 0.6 is 0 Å². The van der Waals surface area contributed by atoms with Gasteiger partial charge in [-0.15, -0.1) is 0 Å². The molecular weight excluding hydrogens is 350 g/mol. The van der Waals surface area contributed by atoms with Crippen molar-refractivity contribution in [1.82, 2.24) is 0 Å². The van der Waals surface area contributed by atoms with Gasteiger partial charge in [0.15, 0.2) is 6.29 Å². The Labute approximate surface area is 167 Å². The molecule has 4 rings (SSSR count). The van der Waals surface area contributed by atoms with Crippen LogP contribution in [0.5, 0.6) is 5.75 Å². The van der Waals surface area contributed by atoms with Gasteiger partial charge in [-0.3, -0.25) is 0 Å². The van der Waals surface area contributed by atoms with Crippen LogP contribution in [-0.4, -0.2) is 25.1 Å². The number of hydrogen-bond acceptors (Lipinski definition) is 4. The van der Waals surface area contributed by atoms with Crippen molar-refractivity contribution in [3.63, 3.8) is 0 Å². The Kier molecular flexibility index (Phi) is 5.95. The van der Waals surface area contributed by atoms with E-state index in [9.17, 15) is 0 Å². The zero-order chi connectivity index (χ0) is 19.3. The second-order valence-electron chi connectivity index (χ2n) is 7.78. The SMILES string of the molecule is CCCC(OCC1CCC2OC2C1)Oc1ccc(-c2ccc(C#N)cc2)cc1. The summed E-state index contributed by atoms with van der Waals surface area (Å²) in [5.74, 6) is 1.41. The lowest BCUT2D eigenvalue weighted by Gasteiger charge is -2.24. The van der Waals surface area contributed by atoms with Gasteiger partial charge in [-0.25, -0.2) is 0 Å². The Morgan fingerprint density at radius 1 is 1.04 bits per heavy atom. The van der Waals surface area contributed by atoms with Crippen LogP contribution < -0.4 is 4.74 Å². The minimum atomic E-state index is -0.205. The van der Waals surface area contributed by atoms with Gasteiger partial charge in [-0.2, -0.15) is 5.26 Å². The molecule has 2 aromatic carbocycles. The summed E-state index contributed by atoms with van der Waals surface area (Å²) in [4.78, 5) is 0. The first-order valence-electron chi connectivity index (χ1n) is 10.3. The summed E-state index contributed by atoms with van der Waals surface area (Å²) < 4.78 is 17.9. The van der Waals surface area contributed by atoms with E-state index in [4.69, 9.17) is 19.5 Å². The maximum Gasteiger partial charge on any atom is 0.199 e. The van der Waals surface area contributed by atoms with E-state index in [0.717, 1.165) is 42.7 Å². The molecule has 0 bridgehead atoms. The van der Waals surface area contributed by atoms with Gasteiger partial charge >= 0.3 is 0 Å². The molecule has 0 N–H and O–H groups in total. The highest BCUT2D eigenvalue weighted by Gasteiger charge is 2.43. The summed E-state index contributed by atoms with van der Waals surface area (Å²) >= 11 is 0. The number of rotatable bonds is 8. The van der Waals surface area contributed by atoms with Gasteiger partial charge in [0.05, 0.1) is 30.4 Å². The molecule has 0 amide bonds. The minimum absolute atomic E-state index is 0.205. The van der Waals surface area contributed by atoms with Crippen LogP contribution in [0.2, 0.25) is 0 Å². The maximum atomic E-state index is 8.92. The first kappa shape index (κ1) is 19.0. The Balaban J connectivity index is 1.33. The van der Waals surface area contributed by atoms with Crippen LogP contribution in [0.3, 0.4) is 0 Å². The van der Waals surface area contributed by atoms with E-state index in [1.165, 1.54) is 12.8 Å². The predicted octanol–water partition coefficient (Wildman–Crippen LogP) is 5.31. The van der Waals surface area contributed by atoms with Crippen molar-refractivity contribution < 1.29 is 14.2 Å². The summed E-state index contributed by atoms with van der Waals surface area (Å²) in [6.07, 6.45) is 6.22. The van der Waals surface area contributed by atoms with E-state index in [0.29, 0.717) is 23.7 Å². The van der Waals surface area contributed by atoms with Crippen molar-refractivity contribution in [2.24, 2.45) is 5.92 Å². The van der Waals surface area contributed by atoms with E-state index in [2.05, 4.69) is 13.0 Å². The van der Waals surface area contributed by atoms with Gasteiger partial charge in [0, 0.05) is 6.42 Å². The normalized spacial score (nSPS) is 24.1. The van der Waals surface area contributed by atoms with Crippen LogP contribution in [0.25, 0.3) is 11.1 Å². The summed E-state index contributed by atoms with van der Waals surface area (Å²) in [6.45, 7) is 2.90. The molecule has 28 heavy (non-hydrogen) atoms. The van der Waals surface area contributed by atoms with E-state index in [-0.39, 0.29) is 6.29 Å². The molecule has 4 nitrogen and oxygen atoms in total. The Morgan fingerprint density at radius 3 is 2.39 bits per heavy atom. The first-order valence-corrected chi connectivity index (χ1v) is 10.3. The van der Waals surface area contributed by atoms with Crippen molar-refractivity contribution >= 4 is 0 Å². The van der Waals surface area contributed by atoms with Crippen LogP contribution in [-0.2, 0) is 9.47 Å². The molecule has 146 valence electrons. The molecule has 2 aromatic rings. The molecule has 4 heteroatoms. The fraction of sp³-hybridized carbons (Fsp3) is 0.458. The third-order valence-corrected chi connectivity index (χ3v) is 5.62. The molecule has 0 radical (unpaired) electrons. The van der Waals surface area contributed by atoms with Crippen molar-refractivity contribution in [2.45, 2.75) is 57.5 Å². The molecule has 0 spiro atoms. The highest BCUT2D eigenvalue weighted by atomic mass is 16.7. The number of fused-ring (bicyclic) bond motifs is 1. The molecule has 2 fully saturated rings. The summed E-state index contributed by atoms with van der Waals surface area (Å²) in [6, 6.07) is 17.8. The lowest BCUT2D eigenvalue weighted by atomic mass is 9.90. The number of epoxide rings is 1. The predicted molar refractivity (Wildman–Crippen MR) is 108 cm³/mol. The molecule has 1 saturated heterocycles. The van der Waals surface area contributed by atoms with Crippen LogP contribution in [0.4, 0.5) is 0 Å². The lowest BCUT2D eigenvalue weighted by Crippen LogP contribution is -2.26. The average molecular weight is 377 g/mol. The topological polar surface area (TPSA) is 54.8 Å². The minimum Gasteiger partial charge on any atom is -0.465 e. The van der Waals surface area contributed by atoms with Gasteiger partial charge in [-0.1, -0.05) is 37.6 Å². The van der Waals surface area contributed by atoms with Crippen LogP contribution in [0.15, 0.2) is 48.5 Å². The smallest absolute Gasteiger partial charge is 0.199 e. The van der Waals surface area contributed by atoms with Crippen molar-refractivity contribution in [3.8, 4) is 22.9 Å². The highest BCUT2D eigenvalue weighted by Crippen LogP contribution is 2.39. The quantitative estimate of drug-likeness (QED) is 0.462. The van der Waals surface area contributed by atoms with Crippen LogP contribution in [0, 0.1) is 17.2 Å². The fourth-order valence-corrected chi connectivity index (χ4v) is 3.91. The zero-order valence-corrected chi connectivity index (χ0v) is 16.3. The molecule has 1 saturated carbocycles. The largest absolute Gasteiger partial charge is 0.465 e. The molecule has 4 unspecified atom stereocenters. The summed E-state index contributed by atoms with van der Waals surface area (Å²) in [7, 11) is 0. The second kappa shape index (κ2) is 8.77. The van der Waals surface area contributed by atoms with Gasteiger partial charge in [0.1, 0.15) is 5.75 Å². The van der Waals surface area contributed by atoms with Crippen molar-refractivity contribution in [3.05, 3.63) is 54.1 Å². The standard InChI is InChI=1S/C24H27NO3/c1-2-3-24(26-16-18-6-13-22-23(14-18)28-22)27-21-11-9-20(10-12-21)19-7-4-17(15-25)5-8-19/h4-5,7-12,18,22-24H,2-3,6,13-14,16H2,1H3. The molecule has 2 aliphatic rings. The molecule has 1 aliphatic heterocycles. The van der Waals surface area contributed by atoms with Gasteiger partial charge in [-0.05, 0) is 60.6 Å². The van der Waals surface area contributed by atoms with E-state index in [1.807, 2.05) is 48.5 Å². The molecular formula is C24H27NO3. The number of ether oxygens (including phenoxy) is 3. The summed E-state index contributed by atoms with van der Waals surface area (Å²) in [5.41, 5.74) is 2.86. The van der Waals surface area contributed by atoms with Gasteiger partial charge in [0.25, 0.3) is 0 Å². The van der Waals surface area contributed by atoms with Crippen LogP contribution in [0.1, 0.15) is 44.6 Å². The number of hydrogen-bond donors (Lipinski definition) is 0. The Hall–Kier alpha value is -2.35. The Morgan fingerprint density at radius 2 is 1.75 bits per heavy atom. The lowest BCUT2D eigenvalue weighted by molar-refractivity contribution is -0.0980. The molecule has 1 aliphatic carbocycles. The summed E-state index contributed by atoms with van der Waals surface area (Å²) in [5, 5.41) is 8.92. The van der Waals surface area contributed by atoms with E-state index < -0.39 is 0 Å². The number of nitrogens with zero attached hydrogens (tertiary/aromatic N) is 1. The maximum absolute atomic E-state index is 8.92. The zero-order valence-electron chi connectivity index (χ0n) is 16.3. The fourth-order valence-electron chi connectivity index (χ4n) is 3.91. The third kappa shape index (κ3) is 4.73. The van der Waals surface area contributed by atoms with Gasteiger partial charge < -0.3 is 14.2 Å². The monoisotopic (exact) mass is 377 g/mol. The second-order valence-corrected chi connectivity index (χ2v) is 7.78. The van der Waals surface area contributed by atoms with Gasteiger partial charge in [0.2, 0.25) is 0 Å². The first-order chi connectivity index (χ1) is 13.7. The van der Waals surface area contributed by atoms with E-state index in [1.54, 1.807) is 0 Å². The highest BCUT2D eigenvalue weighted by molar-refractivity contribution is 5.64. The average Bonchev–Trinajstić information content (AvgIpc) is 3.52. The van der Waals surface area contributed by atoms with Crippen molar-refractivity contribution in [1.29, 1.82) is 5.26 Å². The Bertz CT molecular complexity index is 809. The third-order valence-electron chi connectivity index (χ3n) is 5.62. The van der Waals surface area contributed by atoms with E-state index >= 15 is 0 Å². The number of benzene rings is 2. The molecule has 1 heterocycles. The molecule has 4 atom stereocenters. The number of nitriles is 1.